The van der Waals surface area contributed by atoms with E-state index in [4.69, 9.17) is 21.8 Å². The molecule has 2 N–H and O–H groups in total. The maximum absolute atomic E-state index is 6.12. The number of halogens is 1. The van der Waals surface area contributed by atoms with E-state index in [0.717, 1.165) is 37.0 Å². The summed E-state index contributed by atoms with van der Waals surface area (Å²) in [5.74, 6) is 2.91. The largest absolute Gasteiger partial charge is 0.437 e. The van der Waals surface area contributed by atoms with Gasteiger partial charge in [-0.25, -0.2) is 4.98 Å². The van der Waals surface area contributed by atoms with Gasteiger partial charge in [-0.05, 0) is 30.2 Å². The van der Waals surface area contributed by atoms with E-state index in [1.54, 1.807) is 0 Å². The summed E-state index contributed by atoms with van der Waals surface area (Å²) in [6, 6.07) is 11.9. The molecule has 9 nitrogen and oxygen atoms in total. The van der Waals surface area contributed by atoms with Crippen LogP contribution in [0.4, 0.5) is 11.8 Å². The molecule has 1 unspecified atom stereocenters. The Kier molecular flexibility index (Phi) is 4.10. The second-order valence-corrected chi connectivity index (χ2v) is 8.20. The topological polar surface area (TPSA) is 102 Å². The van der Waals surface area contributed by atoms with Crippen LogP contribution in [0.1, 0.15) is 12.0 Å². The summed E-state index contributed by atoms with van der Waals surface area (Å²) >= 11 is 6.00. The number of rotatable bonds is 4. The van der Waals surface area contributed by atoms with Crippen LogP contribution >= 0.6 is 11.6 Å². The van der Waals surface area contributed by atoms with Crippen LogP contribution in [0, 0.1) is 5.92 Å². The summed E-state index contributed by atoms with van der Waals surface area (Å²) in [7, 11) is 0. The quantitative estimate of drug-likeness (QED) is 0.522. The molecule has 0 spiro atoms. The van der Waals surface area contributed by atoms with E-state index in [0.29, 0.717) is 23.3 Å². The zero-order valence-corrected chi connectivity index (χ0v) is 17.3. The first-order chi connectivity index (χ1) is 15.1. The van der Waals surface area contributed by atoms with E-state index >= 15 is 0 Å². The van der Waals surface area contributed by atoms with Crippen molar-refractivity contribution in [1.82, 2.24) is 29.5 Å². The van der Waals surface area contributed by atoms with Gasteiger partial charge in [-0.1, -0.05) is 23.7 Å². The molecule has 2 aliphatic heterocycles. The molecule has 10 heteroatoms. The summed E-state index contributed by atoms with van der Waals surface area (Å²) in [6.45, 7) is 2.80. The van der Waals surface area contributed by atoms with Crippen LogP contribution in [0.3, 0.4) is 0 Å². The van der Waals surface area contributed by atoms with Gasteiger partial charge in [0.05, 0.1) is 0 Å². The van der Waals surface area contributed by atoms with Crippen LogP contribution < -0.4 is 10.6 Å². The molecule has 0 bridgehead atoms. The minimum atomic E-state index is 0.231. The van der Waals surface area contributed by atoms with Crippen molar-refractivity contribution in [3.63, 3.8) is 0 Å². The number of nitrogens with two attached hydrogens (primary N) is 1. The van der Waals surface area contributed by atoms with Crippen LogP contribution in [0.5, 0.6) is 0 Å². The Morgan fingerprint density at radius 2 is 2.00 bits per heavy atom. The molecule has 0 saturated carbocycles. The zero-order chi connectivity index (χ0) is 20.9. The molecule has 1 atom stereocenters. The lowest BCUT2D eigenvalue weighted by atomic mass is 10.1. The van der Waals surface area contributed by atoms with Crippen molar-refractivity contribution in [3.05, 3.63) is 65.2 Å². The van der Waals surface area contributed by atoms with Crippen molar-refractivity contribution in [1.29, 1.82) is 0 Å². The zero-order valence-electron chi connectivity index (χ0n) is 16.5. The number of furan rings is 1. The van der Waals surface area contributed by atoms with Gasteiger partial charge in [-0.3, -0.25) is 0 Å². The van der Waals surface area contributed by atoms with Crippen molar-refractivity contribution >= 4 is 29.2 Å². The highest BCUT2D eigenvalue weighted by Crippen LogP contribution is 2.39. The van der Waals surface area contributed by atoms with Crippen LogP contribution in [0.25, 0.3) is 17.4 Å². The SMILES string of the molecule is Nc1ncnc2nc(-c3ccc(N4CCC5CN(Cc6ccc(Cl)cc6)C=C54)o3)nn12. The van der Waals surface area contributed by atoms with Gasteiger partial charge in [0.15, 0.2) is 5.76 Å². The summed E-state index contributed by atoms with van der Waals surface area (Å²) in [5, 5.41) is 5.12. The van der Waals surface area contributed by atoms with Crippen molar-refractivity contribution in [2.75, 3.05) is 23.7 Å². The van der Waals surface area contributed by atoms with Crippen molar-refractivity contribution in [2.24, 2.45) is 5.92 Å². The van der Waals surface area contributed by atoms with Crippen LogP contribution in [0.2, 0.25) is 5.02 Å². The van der Waals surface area contributed by atoms with Crippen LogP contribution in [-0.2, 0) is 6.54 Å². The number of fused-ring (bicyclic) bond motifs is 2. The lowest BCUT2D eigenvalue weighted by Gasteiger charge is -2.18. The highest BCUT2D eigenvalue weighted by atomic mass is 35.5. The number of hydrogen-bond donors (Lipinski definition) is 1. The molecule has 156 valence electrons. The number of anilines is 2. The molecule has 5 heterocycles. The summed E-state index contributed by atoms with van der Waals surface area (Å²) < 4.78 is 7.52. The number of nitrogens with zero attached hydrogens (tertiary/aromatic N) is 7. The van der Waals surface area contributed by atoms with Gasteiger partial charge in [0.2, 0.25) is 17.7 Å². The van der Waals surface area contributed by atoms with Gasteiger partial charge in [0, 0.05) is 48.5 Å². The Morgan fingerprint density at radius 3 is 2.84 bits per heavy atom. The fourth-order valence-electron chi connectivity index (χ4n) is 4.27. The average Bonchev–Trinajstić information content (AvgIpc) is 3.52. The lowest BCUT2D eigenvalue weighted by molar-refractivity contribution is 0.359. The molecule has 4 aromatic rings. The van der Waals surface area contributed by atoms with E-state index in [9.17, 15) is 0 Å². The summed E-state index contributed by atoms with van der Waals surface area (Å²) in [5.41, 5.74) is 8.37. The first-order valence-electron chi connectivity index (χ1n) is 10.1. The molecule has 0 aliphatic carbocycles. The predicted octanol–water partition coefficient (Wildman–Crippen LogP) is 3.20. The predicted molar refractivity (Wildman–Crippen MR) is 116 cm³/mol. The maximum atomic E-state index is 6.12. The van der Waals surface area contributed by atoms with Gasteiger partial charge >= 0.3 is 0 Å². The second kappa shape index (κ2) is 6.98. The number of hydrogen-bond acceptors (Lipinski definition) is 8. The van der Waals surface area contributed by atoms with Gasteiger partial charge in [0.25, 0.3) is 5.78 Å². The van der Waals surface area contributed by atoms with Gasteiger partial charge < -0.3 is 20.0 Å². The molecular weight excluding hydrogens is 416 g/mol. The standard InChI is InChI=1S/C21H19ClN8O/c22-15-3-1-13(2-4-15)9-28-10-14-7-8-29(16(14)11-28)18-6-5-17(31-18)19-26-21-25-12-24-20(23)30(21)27-19/h1-6,11-12,14H,7-10H2,(H2,23,24,25,26,27). The van der Waals surface area contributed by atoms with E-state index in [1.165, 1.54) is 22.1 Å². The molecule has 0 radical (unpaired) electrons. The third-order valence-electron chi connectivity index (χ3n) is 5.75. The Hall–Kier alpha value is -3.59. The number of benzene rings is 1. The summed E-state index contributed by atoms with van der Waals surface area (Å²) in [6.07, 6.45) is 4.70. The first kappa shape index (κ1) is 18.2. The van der Waals surface area contributed by atoms with E-state index in [1.807, 2.05) is 24.3 Å². The van der Waals surface area contributed by atoms with Crippen molar-refractivity contribution in [2.45, 2.75) is 13.0 Å². The lowest BCUT2D eigenvalue weighted by Crippen LogP contribution is -2.18. The van der Waals surface area contributed by atoms with Gasteiger partial charge in [-0.15, -0.1) is 5.10 Å². The van der Waals surface area contributed by atoms with Crippen LogP contribution in [0.15, 0.2) is 59.0 Å². The molecule has 1 fully saturated rings. The minimum absolute atomic E-state index is 0.231. The fourth-order valence-corrected chi connectivity index (χ4v) is 4.40. The van der Waals surface area contributed by atoms with Crippen LogP contribution in [-0.4, -0.2) is 42.6 Å². The molecule has 1 saturated heterocycles. The molecule has 6 rings (SSSR count). The molecule has 3 aromatic heterocycles. The molecule has 0 amide bonds. The third kappa shape index (κ3) is 3.17. The summed E-state index contributed by atoms with van der Waals surface area (Å²) in [4.78, 5) is 17.0. The Morgan fingerprint density at radius 1 is 1.13 bits per heavy atom. The molecule has 1 aromatic carbocycles. The molecular formula is C21H19ClN8O. The Balaban J connectivity index is 1.24. The molecule has 31 heavy (non-hydrogen) atoms. The van der Waals surface area contributed by atoms with Gasteiger partial charge in [-0.2, -0.15) is 14.5 Å². The minimum Gasteiger partial charge on any atom is -0.437 e. The normalized spacial score (nSPS) is 18.1. The van der Waals surface area contributed by atoms with E-state index < -0.39 is 0 Å². The Bertz CT molecular complexity index is 1290. The fraction of sp³-hybridized carbons (Fsp3) is 0.238. The number of aromatic nitrogens is 5. The van der Waals surface area contributed by atoms with E-state index in [2.05, 4.69) is 48.2 Å². The van der Waals surface area contributed by atoms with Gasteiger partial charge in [0.1, 0.15) is 6.33 Å². The highest BCUT2D eigenvalue weighted by Gasteiger charge is 2.36. The number of nitrogen functional groups attached to an aromatic ring is 1. The second-order valence-electron chi connectivity index (χ2n) is 7.76. The third-order valence-corrected chi connectivity index (χ3v) is 6.00. The highest BCUT2D eigenvalue weighted by molar-refractivity contribution is 6.30. The first-order valence-corrected chi connectivity index (χ1v) is 10.4. The Labute approximate surface area is 182 Å². The smallest absolute Gasteiger partial charge is 0.257 e. The molecule has 2 aliphatic rings. The van der Waals surface area contributed by atoms with E-state index in [-0.39, 0.29) is 5.95 Å². The average molecular weight is 435 g/mol. The maximum Gasteiger partial charge on any atom is 0.257 e. The van der Waals surface area contributed by atoms with Crippen molar-refractivity contribution < 1.29 is 4.42 Å². The van der Waals surface area contributed by atoms with Crippen molar-refractivity contribution in [3.8, 4) is 11.6 Å². The monoisotopic (exact) mass is 434 g/mol.